The van der Waals surface area contributed by atoms with Gasteiger partial charge in [-0.15, -0.1) is 0 Å². The maximum atomic E-state index is 13.0. The zero-order valence-electron chi connectivity index (χ0n) is 14.5. The number of amides is 1. The molecule has 1 aliphatic rings. The summed E-state index contributed by atoms with van der Waals surface area (Å²) in [6.07, 6.45) is 7.78. The number of hydrogen-bond acceptors (Lipinski definition) is 4. The second kappa shape index (κ2) is 6.27. The molecule has 1 aliphatic heterocycles. The molecule has 4 rings (SSSR count). The Hall–Kier alpha value is -2.76. The monoisotopic (exact) mass is 335 g/mol. The number of pyridine rings is 1. The van der Waals surface area contributed by atoms with E-state index in [0.717, 1.165) is 47.8 Å². The van der Waals surface area contributed by atoms with Crippen molar-refractivity contribution in [2.45, 2.75) is 39.2 Å². The van der Waals surface area contributed by atoms with Crippen molar-refractivity contribution in [3.8, 4) is 0 Å². The fourth-order valence-corrected chi connectivity index (χ4v) is 3.64. The largest absolute Gasteiger partial charge is 0.334 e. The highest BCUT2D eigenvalue weighted by Gasteiger charge is 2.31. The zero-order chi connectivity index (χ0) is 17.4. The molecule has 6 nitrogen and oxygen atoms in total. The Morgan fingerprint density at radius 2 is 2.12 bits per heavy atom. The standard InChI is InChI=1S/C19H21N5O/c1-13-11-20-12-15(21-13)16-6-5-9-24(16)19(25)10-17-14(2)22-18-7-3-4-8-23(17)18/h3-4,7-8,11-12,16H,5-6,9-10H2,1-2H3. The molecule has 1 saturated heterocycles. The summed E-state index contributed by atoms with van der Waals surface area (Å²) in [7, 11) is 0. The van der Waals surface area contributed by atoms with Gasteiger partial charge in [0.05, 0.1) is 41.4 Å². The van der Waals surface area contributed by atoms with Crippen LogP contribution in [0.15, 0.2) is 36.8 Å². The van der Waals surface area contributed by atoms with Crippen LogP contribution in [0.5, 0.6) is 0 Å². The molecule has 0 saturated carbocycles. The number of carbonyl (C=O) groups excluding carboxylic acids is 1. The van der Waals surface area contributed by atoms with Crippen LogP contribution in [0.3, 0.4) is 0 Å². The molecule has 0 bridgehead atoms. The topological polar surface area (TPSA) is 63.4 Å². The van der Waals surface area contributed by atoms with Crippen molar-refractivity contribution in [1.29, 1.82) is 0 Å². The molecule has 1 fully saturated rings. The normalized spacial score (nSPS) is 17.4. The second-order valence-electron chi connectivity index (χ2n) is 6.58. The number of fused-ring (bicyclic) bond motifs is 1. The van der Waals surface area contributed by atoms with Gasteiger partial charge in [0.1, 0.15) is 5.65 Å². The van der Waals surface area contributed by atoms with Crippen LogP contribution in [0.1, 0.15) is 41.7 Å². The Bertz CT molecular complexity index is 932. The van der Waals surface area contributed by atoms with Gasteiger partial charge in [-0.1, -0.05) is 6.07 Å². The maximum Gasteiger partial charge on any atom is 0.229 e. The van der Waals surface area contributed by atoms with E-state index >= 15 is 0 Å². The Kier molecular flexibility index (Phi) is 3.95. The van der Waals surface area contributed by atoms with Gasteiger partial charge in [-0.3, -0.25) is 14.8 Å². The van der Waals surface area contributed by atoms with Gasteiger partial charge in [0.15, 0.2) is 0 Å². The molecule has 6 heteroatoms. The van der Waals surface area contributed by atoms with E-state index in [1.807, 2.05) is 47.5 Å². The lowest BCUT2D eigenvalue weighted by molar-refractivity contribution is -0.131. The van der Waals surface area contributed by atoms with E-state index in [4.69, 9.17) is 0 Å². The Balaban J connectivity index is 1.60. The molecule has 0 aliphatic carbocycles. The summed E-state index contributed by atoms with van der Waals surface area (Å²) in [6, 6.07) is 5.91. The van der Waals surface area contributed by atoms with Gasteiger partial charge in [0.25, 0.3) is 0 Å². The number of carbonyl (C=O) groups is 1. The van der Waals surface area contributed by atoms with Gasteiger partial charge >= 0.3 is 0 Å². The van der Waals surface area contributed by atoms with Gasteiger partial charge in [0, 0.05) is 18.9 Å². The summed E-state index contributed by atoms with van der Waals surface area (Å²) in [5.74, 6) is 0.125. The first-order valence-electron chi connectivity index (χ1n) is 8.64. The minimum Gasteiger partial charge on any atom is -0.334 e. The predicted molar refractivity (Wildman–Crippen MR) is 94.1 cm³/mol. The predicted octanol–water partition coefficient (Wildman–Crippen LogP) is 2.65. The molecule has 3 aromatic heterocycles. The van der Waals surface area contributed by atoms with Gasteiger partial charge in [-0.25, -0.2) is 4.98 Å². The molecule has 128 valence electrons. The molecular weight excluding hydrogens is 314 g/mol. The summed E-state index contributed by atoms with van der Waals surface area (Å²) in [4.78, 5) is 28.3. The molecule has 0 aromatic carbocycles. The van der Waals surface area contributed by atoms with Crippen LogP contribution in [-0.2, 0) is 11.2 Å². The van der Waals surface area contributed by atoms with Crippen molar-refractivity contribution in [2.24, 2.45) is 0 Å². The fraction of sp³-hybridized carbons (Fsp3) is 0.368. The van der Waals surface area contributed by atoms with Crippen LogP contribution in [-0.4, -0.2) is 36.7 Å². The Morgan fingerprint density at radius 3 is 2.96 bits per heavy atom. The van der Waals surface area contributed by atoms with Crippen LogP contribution in [0.2, 0.25) is 0 Å². The molecule has 0 radical (unpaired) electrons. The fourth-order valence-electron chi connectivity index (χ4n) is 3.64. The molecule has 1 amide bonds. The lowest BCUT2D eigenvalue weighted by Gasteiger charge is -2.24. The van der Waals surface area contributed by atoms with Crippen molar-refractivity contribution in [3.63, 3.8) is 0 Å². The highest BCUT2D eigenvalue weighted by Crippen LogP contribution is 2.31. The van der Waals surface area contributed by atoms with Crippen molar-refractivity contribution < 1.29 is 4.79 Å². The lowest BCUT2D eigenvalue weighted by Crippen LogP contribution is -2.32. The SMILES string of the molecule is Cc1cncc(C2CCCN2C(=O)Cc2c(C)nc3ccccn23)n1. The Labute approximate surface area is 146 Å². The van der Waals surface area contributed by atoms with Crippen molar-refractivity contribution in [2.75, 3.05) is 6.54 Å². The van der Waals surface area contributed by atoms with Crippen molar-refractivity contribution in [3.05, 3.63) is 59.6 Å². The number of aromatic nitrogens is 4. The van der Waals surface area contributed by atoms with Crippen molar-refractivity contribution in [1.82, 2.24) is 24.3 Å². The molecule has 0 N–H and O–H groups in total. The van der Waals surface area contributed by atoms with Crippen LogP contribution in [0, 0.1) is 13.8 Å². The van der Waals surface area contributed by atoms with Crippen LogP contribution >= 0.6 is 0 Å². The van der Waals surface area contributed by atoms with Gasteiger partial charge < -0.3 is 9.30 Å². The smallest absolute Gasteiger partial charge is 0.229 e. The number of likely N-dealkylation sites (tertiary alicyclic amines) is 1. The van der Waals surface area contributed by atoms with E-state index in [0.29, 0.717) is 6.42 Å². The molecule has 4 heterocycles. The van der Waals surface area contributed by atoms with Gasteiger partial charge in [0.2, 0.25) is 5.91 Å². The first kappa shape index (κ1) is 15.7. The second-order valence-corrected chi connectivity index (χ2v) is 6.58. The first-order chi connectivity index (χ1) is 12.1. The minimum absolute atomic E-state index is 0.0272. The van der Waals surface area contributed by atoms with E-state index < -0.39 is 0 Å². The first-order valence-corrected chi connectivity index (χ1v) is 8.64. The van der Waals surface area contributed by atoms with E-state index in [1.54, 1.807) is 12.4 Å². The third kappa shape index (κ3) is 2.88. The quantitative estimate of drug-likeness (QED) is 0.738. The van der Waals surface area contributed by atoms with E-state index in [-0.39, 0.29) is 11.9 Å². The third-order valence-electron chi connectivity index (χ3n) is 4.84. The Morgan fingerprint density at radius 1 is 1.24 bits per heavy atom. The number of rotatable bonds is 3. The summed E-state index contributed by atoms with van der Waals surface area (Å²) in [5, 5.41) is 0. The molecule has 3 aromatic rings. The summed E-state index contributed by atoms with van der Waals surface area (Å²) >= 11 is 0. The highest BCUT2D eigenvalue weighted by molar-refractivity contribution is 5.79. The summed E-state index contributed by atoms with van der Waals surface area (Å²) in [6.45, 7) is 4.66. The maximum absolute atomic E-state index is 13.0. The number of aryl methyl sites for hydroxylation is 2. The highest BCUT2D eigenvalue weighted by atomic mass is 16.2. The zero-order valence-corrected chi connectivity index (χ0v) is 14.5. The van der Waals surface area contributed by atoms with E-state index in [1.165, 1.54) is 0 Å². The van der Waals surface area contributed by atoms with Crippen LogP contribution in [0.4, 0.5) is 0 Å². The molecular formula is C19H21N5O. The summed E-state index contributed by atoms with van der Waals surface area (Å²) < 4.78 is 2.00. The molecule has 0 spiro atoms. The third-order valence-corrected chi connectivity index (χ3v) is 4.84. The average Bonchev–Trinajstić information content (AvgIpc) is 3.20. The average molecular weight is 335 g/mol. The lowest BCUT2D eigenvalue weighted by atomic mass is 10.1. The molecule has 1 unspecified atom stereocenters. The molecule has 1 atom stereocenters. The number of hydrogen-bond donors (Lipinski definition) is 0. The number of imidazole rings is 1. The van der Waals surface area contributed by atoms with E-state index in [2.05, 4.69) is 15.0 Å². The number of nitrogens with zero attached hydrogens (tertiary/aromatic N) is 5. The van der Waals surface area contributed by atoms with Crippen LogP contribution < -0.4 is 0 Å². The minimum atomic E-state index is 0.0272. The molecule has 25 heavy (non-hydrogen) atoms. The van der Waals surface area contributed by atoms with E-state index in [9.17, 15) is 4.79 Å². The van der Waals surface area contributed by atoms with Gasteiger partial charge in [-0.2, -0.15) is 0 Å². The van der Waals surface area contributed by atoms with Crippen molar-refractivity contribution >= 4 is 11.6 Å². The van der Waals surface area contributed by atoms with Crippen LogP contribution in [0.25, 0.3) is 5.65 Å². The summed E-state index contributed by atoms with van der Waals surface area (Å²) in [5.41, 5.74) is 4.52. The van der Waals surface area contributed by atoms with Gasteiger partial charge in [-0.05, 0) is 38.8 Å².